The highest BCUT2D eigenvalue weighted by atomic mass is 16.4. The zero-order valence-electron chi connectivity index (χ0n) is 6.74. The molecule has 0 amide bonds. The van der Waals surface area contributed by atoms with Crippen LogP contribution in [0.5, 0.6) is 0 Å². The van der Waals surface area contributed by atoms with Gasteiger partial charge in [-0.25, -0.2) is 4.79 Å². The van der Waals surface area contributed by atoms with Gasteiger partial charge in [-0.3, -0.25) is 0 Å². The molecule has 0 aromatic carbocycles. The summed E-state index contributed by atoms with van der Waals surface area (Å²) in [6.45, 7) is 1.67. The van der Waals surface area contributed by atoms with Gasteiger partial charge in [-0.05, 0) is 18.9 Å². The molecular weight excluding hydrogens is 154 g/mol. The van der Waals surface area contributed by atoms with Crippen molar-refractivity contribution in [2.24, 2.45) is 5.41 Å². The van der Waals surface area contributed by atoms with Crippen LogP contribution in [-0.4, -0.2) is 11.1 Å². The van der Waals surface area contributed by atoms with E-state index in [-0.39, 0.29) is 0 Å². The minimum Gasteiger partial charge on any atom is -0.480 e. The number of hydrogen-bond acceptors (Lipinski definition) is 2. The Bertz CT molecular complexity index is 309. The molecule has 1 unspecified atom stereocenters. The molecule has 0 saturated heterocycles. The number of allylic oxidation sites excluding steroid dienone is 2. The lowest BCUT2D eigenvalue weighted by Gasteiger charge is -2.21. The minimum absolute atomic E-state index is 0.597. The number of carboxylic acid groups (broad SMARTS) is 1. The molecule has 3 nitrogen and oxygen atoms in total. The van der Waals surface area contributed by atoms with Crippen molar-refractivity contribution in [2.45, 2.75) is 13.3 Å². The minimum atomic E-state index is -1.42. The van der Waals surface area contributed by atoms with Crippen LogP contribution in [-0.2, 0) is 4.79 Å². The molecule has 0 saturated carbocycles. The third-order valence-electron chi connectivity index (χ3n) is 2.06. The topological polar surface area (TPSA) is 61.1 Å². The van der Waals surface area contributed by atoms with Gasteiger partial charge in [0, 0.05) is 0 Å². The lowest BCUT2D eigenvalue weighted by Crippen LogP contribution is -2.29. The van der Waals surface area contributed by atoms with E-state index in [0.717, 1.165) is 0 Å². The summed E-state index contributed by atoms with van der Waals surface area (Å²) >= 11 is 0. The standard InChI is InChI=1S/C9H9NO2/c1-7-4-2-3-5-9(7,6-10)8(11)12/h3-5H,2H2,1H3,(H,11,12). The van der Waals surface area contributed by atoms with Crippen molar-refractivity contribution in [3.63, 3.8) is 0 Å². The highest BCUT2D eigenvalue weighted by molar-refractivity contribution is 5.85. The Morgan fingerprint density at radius 1 is 1.83 bits per heavy atom. The van der Waals surface area contributed by atoms with Gasteiger partial charge in [0.1, 0.15) is 0 Å². The van der Waals surface area contributed by atoms with E-state index in [2.05, 4.69) is 0 Å². The van der Waals surface area contributed by atoms with Crippen LogP contribution >= 0.6 is 0 Å². The van der Waals surface area contributed by atoms with Crippen LogP contribution in [0.15, 0.2) is 23.8 Å². The zero-order valence-corrected chi connectivity index (χ0v) is 6.74. The SMILES string of the molecule is CC1=CCC=CC1(C#N)C(=O)O. The Hall–Kier alpha value is -1.56. The number of nitriles is 1. The number of rotatable bonds is 1. The molecule has 0 aromatic heterocycles. The number of hydrogen-bond donors (Lipinski definition) is 1. The second-order valence-corrected chi connectivity index (χ2v) is 2.75. The molecule has 0 aromatic rings. The van der Waals surface area contributed by atoms with E-state index < -0.39 is 11.4 Å². The predicted molar refractivity (Wildman–Crippen MR) is 43.2 cm³/mol. The first-order chi connectivity index (χ1) is 5.63. The summed E-state index contributed by atoms with van der Waals surface area (Å²) in [5.74, 6) is -1.10. The largest absolute Gasteiger partial charge is 0.480 e. The summed E-state index contributed by atoms with van der Waals surface area (Å²) in [5.41, 5.74) is -0.821. The molecule has 0 bridgehead atoms. The van der Waals surface area contributed by atoms with E-state index in [0.29, 0.717) is 12.0 Å². The molecule has 0 spiro atoms. The van der Waals surface area contributed by atoms with Crippen LogP contribution in [0.4, 0.5) is 0 Å². The number of carboxylic acids is 1. The van der Waals surface area contributed by atoms with E-state index in [1.165, 1.54) is 6.08 Å². The Kier molecular flexibility index (Phi) is 2.01. The molecule has 0 aliphatic heterocycles. The second-order valence-electron chi connectivity index (χ2n) is 2.75. The Morgan fingerprint density at radius 3 is 2.83 bits per heavy atom. The average molecular weight is 163 g/mol. The van der Waals surface area contributed by atoms with Crippen molar-refractivity contribution in [2.75, 3.05) is 0 Å². The molecule has 1 aliphatic carbocycles. The van der Waals surface area contributed by atoms with Crippen LogP contribution in [0.2, 0.25) is 0 Å². The highest BCUT2D eigenvalue weighted by Crippen LogP contribution is 2.31. The smallest absolute Gasteiger partial charge is 0.332 e. The fourth-order valence-corrected chi connectivity index (χ4v) is 1.20. The van der Waals surface area contributed by atoms with Crippen molar-refractivity contribution in [3.05, 3.63) is 23.8 Å². The third kappa shape index (κ3) is 1.02. The molecule has 1 atom stereocenters. The van der Waals surface area contributed by atoms with Gasteiger partial charge in [-0.15, -0.1) is 0 Å². The van der Waals surface area contributed by atoms with Gasteiger partial charge in [0.25, 0.3) is 0 Å². The normalized spacial score (nSPS) is 27.5. The summed E-state index contributed by atoms with van der Waals surface area (Å²) < 4.78 is 0. The zero-order chi connectivity index (χ0) is 9.19. The van der Waals surface area contributed by atoms with Crippen molar-refractivity contribution < 1.29 is 9.90 Å². The van der Waals surface area contributed by atoms with Gasteiger partial charge in [0.15, 0.2) is 5.41 Å². The van der Waals surface area contributed by atoms with E-state index in [9.17, 15) is 4.79 Å². The Balaban J connectivity index is 3.17. The quantitative estimate of drug-likeness (QED) is 0.595. The fourth-order valence-electron chi connectivity index (χ4n) is 1.20. The van der Waals surface area contributed by atoms with E-state index in [1.807, 2.05) is 6.07 Å². The van der Waals surface area contributed by atoms with Crippen molar-refractivity contribution >= 4 is 5.97 Å². The summed E-state index contributed by atoms with van der Waals surface area (Å²) in [4.78, 5) is 10.8. The highest BCUT2D eigenvalue weighted by Gasteiger charge is 2.38. The first-order valence-corrected chi connectivity index (χ1v) is 3.63. The molecule has 0 radical (unpaired) electrons. The van der Waals surface area contributed by atoms with Gasteiger partial charge in [0.05, 0.1) is 6.07 Å². The molecule has 1 N–H and O–H groups in total. The van der Waals surface area contributed by atoms with Crippen LogP contribution < -0.4 is 0 Å². The summed E-state index contributed by atoms with van der Waals surface area (Å²) in [5, 5.41) is 17.6. The van der Waals surface area contributed by atoms with E-state index in [4.69, 9.17) is 10.4 Å². The van der Waals surface area contributed by atoms with Gasteiger partial charge >= 0.3 is 5.97 Å². The van der Waals surface area contributed by atoms with Crippen molar-refractivity contribution in [1.82, 2.24) is 0 Å². The third-order valence-corrected chi connectivity index (χ3v) is 2.06. The lowest BCUT2D eigenvalue weighted by molar-refractivity contribution is -0.141. The van der Waals surface area contributed by atoms with Crippen LogP contribution in [0.1, 0.15) is 13.3 Å². The van der Waals surface area contributed by atoms with Crippen LogP contribution in [0.3, 0.4) is 0 Å². The number of aliphatic carboxylic acids is 1. The number of carbonyl (C=O) groups is 1. The molecule has 12 heavy (non-hydrogen) atoms. The van der Waals surface area contributed by atoms with Gasteiger partial charge in [-0.1, -0.05) is 18.2 Å². The molecule has 0 heterocycles. The molecule has 1 aliphatic rings. The lowest BCUT2D eigenvalue weighted by atomic mass is 9.79. The van der Waals surface area contributed by atoms with Crippen molar-refractivity contribution in [3.8, 4) is 6.07 Å². The monoisotopic (exact) mass is 163 g/mol. The predicted octanol–water partition coefficient (Wildman–Crippen LogP) is 1.49. The maximum Gasteiger partial charge on any atom is 0.332 e. The molecule has 3 heteroatoms. The molecular formula is C9H9NO2. The van der Waals surface area contributed by atoms with Gasteiger partial charge in [-0.2, -0.15) is 5.26 Å². The first kappa shape index (κ1) is 8.54. The molecule has 0 fully saturated rings. The van der Waals surface area contributed by atoms with E-state index in [1.54, 1.807) is 19.1 Å². The summed E-state index contributed by atoms with van der Waals surface area (Å²) in [6.07, 6.45) is 5.62. The molecule has 1 rings (SSSR count). The average Bonchev–Trinajstić information content (AvgIpc) is 2.05. The van der Waals surface area contributed by atoms with Crippen LogP contribution in [0.25, 0.3) is 0 Å². The summed E-state index contributed by atoms with van der Waals surface area (Å²) in [6, 6.07) is 1.81. The Labute approximate surface area is 70.6 Å². The number of nitrogens with zero attached hydrogens (tertiary/aromatic N) is 1. The second kappa shape index (κ2) is 2.82. The first-order valence-electron chi connectivity index (χ1n) is 3.63. The van der Waals surface area contributed by atoms with Gasteiger partial charge < -0.3 is 5.11 Å². The summed E-state index contributed by atoms with van der Waals surface area (Å²) in [7, 11) is 0. The van der Waals surface area contributed by atoms with E-state index >= 15 is 0 Å². The maximum atomic E-state index is 10.8. The maximum absolute atomic E-state index is 10.8. The van der Waals surface area contributed by atoms with Gasteiger partial charge in [0.2, 0.25) is 0 Å². The van der Waals surface area contributed by atoms with Crippen LogP contribution in [0, 0.1) is 16.7 Å². The Morgan fingerprint density at radius 2 is 2.50 bits per heavy atom. The fraction of sp³-hybridized carbons (Fsp3) is 0.333. The molecule has 62 valence electrons. The van der Waals surface area contributed by atoms with Crippen molar-refractivity contribution in [1.29, 1.82) is 5.26 Å².